The topological polar surface area (TPSA) is 45.8 Å². The molecule has 1 aromatic heterocycles. The largest absolute Gasteiger partial charge is 0.342 e. The first kappa shape index (κ1) is 11.8. The Kier molecular flexibility index (Phi) is 3.01. The number of nitrogens with one attached hydrogen (secondary N) is 1. The van der Waals surface area contributed by atoms with Crippen molar-refractivity contribution >= 4 is 17.3 Å². The van der Waals surface area contributed by atoms with Gasteiger partial charge in [-0.3, -0.25) is 0 Å². The van der Waals surface area contributed by atoms with Crippen LogP contribution in [-0.2, 0) is 16.6 Å². The molecule has 0 spiro atoms. The van der Waals surface area contributed by atoms with Crippen molar-refractivity contribution in [3.05, 3.63) is 29.6 Å². The zero-order valence-corrected chi connectivity index (χ0v) is 10.6. The van der Waals surface area contributed by atoms with E-state index in [0.29, 0.717) is 6.42 Å². The van der Waals surface area contributed by atoms with Gasteiger partial charge < -0.3 is 9.78 Å². The van der Waals surface area contributed by atoms with Crippen molar-refractivity contribution in [2.45, 2.75) is 39.0 Å². The Bertz CT molecular complexity index is 535. The van der Waals surface area contributed by atoms with Gasteiger partial charge in [-0.25, -0.2) is 4.98 Å². The number of H-pyrrole nitrogens is 1. The van der Waals surface area contributed by atoms with E-state index in [2.05, 4.69) is 36.8 Å². The van der Waals surface area contributed by atoms with Crippen LogP contribution >= 0.6 is 0 Å². The van der Waals surface area contributed by atoms with Gasteiger partial charge in [0.2, 0.25) is 0 Å². The van der Waals surface area contributed by atoms with Crippen LogP contribution < -0.4 is 0 Å². The molecule has 0 atom stereocenters. The smallest absolute Gasteiger partial charge is 0.120 e. The first-order chi connectivity index (χ1) is 8.00. The fourth-order valence-corrected chi connectivity index (χ4v) is 1.79. The third kappa shape index (κ3) is 2.54. The highest BCUT2D eigenvalue weighted by Gasteiger charge is 2.18. The maximum Gasteiger partial charge on any atom is 0.120 e. The van der Waals surface area contributed by atoms with Crippen LogP contribution in [-0.4, -0.2) is 16.3 Å². The number of aryl methyl sites for hydroxylation is 1. The molecular formula is C14H18N2O. The maximum absolute atomic E-state index is 10.4. The number of benzene rings is 1. The van der Waals surface area contributed by atoms with E-state index >= 15 is 0 Å². The molecule has 3 heteroatoms. The van der Waals surface area contributed by atoms with Crippen molar-refractivity contribution in [2.24, 2.45) is 0 Å². The number of imidazole rings is 1. The number of aromatic nitrogens is 2. The summed E-state index contributed by atoms with van der Waals surface area (Å²) < 4.78 is 0. The van der Waals surface area contributed by atoms with E-state index in [1.807, 2.05) is 12.1 Å². The van der Waals surface area contributed by atoms with Crippen LogP contribution in [0.25, 0.3) is 11.0 Å². The highest BCUT2D eigenvalue weighted by molar-refractivity contribution is 5.76. The molecule has 0 aliphatic carbocycles. The Balaban J connectivity index is 2.37. The van der Waals surface area contributed by atoms with Crippen LogP contribution in [0.1, 0.15) is 38.6 Å². The van der Waals surface area contributed by atoms with Crippen molar-refractivity contribution in [3.8, 4) is 0 Å². The van der Waals surface area contributed by atoms with Gasteiger partial charge in [0.1, 0.15) is 12.1 Å². The maximum atomic E-state index is 10.4. The van der Waals surface area contributed by atoms with E-state index in [4.69, 9.17) is 0 Å². The zero-order valence-electron chi connectivity index (χ0n) is 10.6. The summed E-state index contributed by atoms with van der Waals surface area (Å²) in [4.78, 5) is 18.3. The Morgan fingerprint density at radius 1 is 1.35 bits per heavy atom. The molecule has 17 heavy (non-hydrogen) atoms. The fraction of sp³-hybridized carbons (Fsp3) is 0.429. The third-order valence-electron chi connectivity index (χ3n) is 2.81. The van der Waals surface area contributed by atoms with E-state index in [1.54, 1.807) is 0 Å². The highest BCUT2D eigenvalue weighted by atomic mass is 16.1. The molecule has 0 aliphatic heterocycles. The predicted molar refractivity (Wildman–Crippen MR) is 69.2 cm³/mol. The Labute approximate surface area is 101 Å². The van der Waals surface area contributed by atoms with Crippen LogP contribution in [0.2, 0.25) is 0 Å². The van der Waals surface area contributed by atoms with E-state index < -0.39 is 0 Å². The number of hydrogen-bond acceptors (Lipinski definition) is 2. The van der Waals surface area contributed by atoms with Gasteiger partial charge in [-0.1, -0.05) is 26.8 Å². The summed E-state index contributed by atoms with van der Waals surface area (Å²) in [5.74, 6) is 1.00. The van der Waals surface area contributed by atoms with Gasteiger partial charge in [0.25, 0.3) is 0 Å². The number of rotatable bonds is 3. The van der Waals surface area contributed by atoms with Gasteiger partial charge in [-0.2, -0.15) is 0 Å². The lowest BCUT2D eigenvalue weighted by atomic mass is 9.96. The number of aldehydes is 1. The number of nitrogens with zero attached hydrogens (tertiary/aromatic N) is 1. The molecule has 0 bridgehead atoms. The van der Waals surface area contributed by atoms with E-state index in [9.17, 15) is 4.79 Å². The lowest BCUT2D eigenvalue weighted by Crippen LogP contribution is -2.12. The average molecular weight is 230 g/mol. The normalized spacial score (nSPS) is 11.9. The Hall–Kier alpha value is -1.64. The molecule has 0 fully saturated rings. The molecule has 2 rings (SSSR count). The minimum Gasteiger partial charge on any atom is -0.342 e. The lowest BCUT2D eigenvalue weighted by Gasteiger charge is -2.13. The number of fused-ring (bicyclic) bond motifs is 1. The van der Waals surface area contributed by atoms with Crippen LogP contribution in [0.3, 0.4) is 0 Å². The van der Waals surface area contributed by atoms with Gasteiger partial charge in [-0.15, -0.1) is 0 Å². The number of carbonyl (C=O) groups is 1. The molecule has 1 N–H and O–H groups in total. The predicted octanol–water partition coefficient (Wildman–Crippen LogP) is 2.99. The van der Waals surface area contributed by atoms with Crippen LogP contribution in [0.5, 0.6) is 0 Å². The quantitative estimate of drug-likeness (QED) is 0.824. The summed E-state index contributed by atoms with van der Waals surface area (Å²) in [5, 5.41) is 0. The highest BCUT2D eigenvalue weighted by Crippen LogP contribution is 2.23. The second-order valence-corrected chi connectivity index (χ2v) is 5.39. The molecule has 0 aliphatic rings. The minimum atomic E-state index is 0.0297. The number of hydrogen-bond donors (Lipinski definition) is 1. The summed E-state index contributed by atoms with van der Waals surface area (Å²) in [6.07, 6.45) is 2.33. The molecule has 90 valence electrons. The third-order valence-corrected chi connectivity index (χ3v) is 2.81. The fourth-order valence-electron chi connectivity index (χ4n) is 1.79. The second-order valence-electron chi connectivity index (χ2n) is 5.39. The standard InChI is InChI=1S/C14H18N2O/c1-14(2,3)13-15-11-7-6-10(5-4-8-17)9-12(11)16-13/h6-9H,4-5H2,1-3H3,(H,15,16). The van der Waals surface area contributed by atoms with Gasteiger partial charge in [0.05, 0.1) is 11.0 Å². The molecule has 3 nitrogen and oxygen atoms in total. The first-order valence-corrected chi connectivity index (χ1v) is 5.93. The Morgan fingerprint density at radius 2 is 2.12 bits per heavy atom. The molecular weight excluding hydrogens is 212 g/mol. The van der Waals surface area contributed by atoms with Gasteiger partial charge in [0, 0.05) is 11.8 Å². The van der Waals surface area contributed by atoms with Crippen LogP contribution in [0.4, 0.5) is 0 Å². The van der Waals surface area contributed by atoms with Gasteiger partial charge >= 0.3 is 0 Å². The summed E-state index contributed by atoms with van der Waals surface area (Å²) >= 11 is 0. The molecule has 0 radical (unpaired) electrons. The van der Waals surface area contributed by atoms with Crippen LogP contribution in [0.15, 0.2) is 18.2 Å². The monoisotopic (exact) mass is 230 g/mol. The zero-order chi connectivity index (χ0) is 12.5. The summed E-state index contributed by atoms with van der Waals surface area (Å²) in [6, 6.07) is 6.14. The van der Waals surface area contributed by atoms with Crippen molar-refractivity contribution < 1.29 is 4.79 Å². The number of carbonyl (C=O) groups excluding carboxylic acids is 1. The van der Waals surface area contributed by atoms with Crippen LogP contribution in [0, 0.1) is 0 Å². The van der Waals surface area contributed by atoms with Gasteiger partial charge in [0.15, 0.2) is 0 Å². The van der Waals surface area contributed by atoms with Gasteiger partial charge in [-0.05, 0) is 24.1 Å². The molecule has 0 amide bonds. The van der Waals surface area contributed by atoms with Crippen molar-refractivity contribution in [3.63, 3.8) is 0 Å². The molecule has 0 saturated heterocycles. The first-order valence-electron chi connectivity index (χ1n) is 5.93. The average Bonchev–Trinajstić information content (AvgIpc) is 2.68. The van der Waals surface area contributed by atoms with Crippen molar-refractivity contribution in [1.29, 1.82) is 0 Å². The molecule has 1 aromatic carbocycles. The lowest BCUT2D eigenvalue weighted by molar-refractivity contribution is -0.107. The summed E-state index contributed by atoms with van der Waals surface area (Å²) in [7, 11) is 0. The van der Waals surface area contributed by atoms with Crippen molar-refractivity contribution in [2.75, 3.05) is 0 Å². The van der Waals surface area contributed by atoms with E-state index in [-0.39, 0.29) is 5.41 Å². The molecule has 1 heterocycles. The summed E-state index contributed by atoms with van der Waals surface area (Å²) in [5.41, 5.74) is 3.25. The van der Waals surface area contributed by atoms with E-state index in [1.165, 1.54) is 5.56 Å². The van der Waals surface area contributed by atoms with E-state index in [0.717, 1.165) is 29.6 Å². The minimum absolute atomic E-state index is 0.0297. The molecule has 2 aromatic rings. The molecule has 0 saturated carbocycles. The SMILES string of the molecule is CC(C)(C)c1nc2ccc(CCC=O)cc2[nH]1. The second kappa shape index (κ2) is 4.32. The molecule has 0 unspecified atom stereocenters. The number of aromatic amines is 1. The Morgan fingerprint density at radius 3 is 2.76 bits per heavy atom. The van der Waals surface area contributed by atoms with Crippen molar-refractivity contribution in [1.82, 2.24) is 9.97 Å². The summed E-state index contributed by atoms with van der Waals surface area (Å²) in [6.45, 7) is 6.41.